The molecule has 1 heteroatoms. The van der Waals surface area contributed by atoms with Crippen LogP contribution in [-0.2, 0) is 0 Å². The molecule has 1 aromatic rings. The first kappa shape index (κ1) is 15.2. The molecule has 0 heterocycles. The van der Waals surface area contributed by atoms with Crippen molar-refractivity contribution in [3.63, 3.8) is 0 Å². The Kier molecular flexibility index (Phi) is 5.87. The summed E-state index contributed by atoms with van der Waals surface area (Å²) in [7, 11) is 0. The van der Waals surface area contributed by atoms with Crippen LogP contribution in [0.5, 0.6) is 0 Å². The van der Waals surface area contributed by atoms with Crippen LogP contribution in [0.3, 0.4) is 0 Å². The monoisotopic (exact) mass is 247 g/mol. The summed E-state index contributed by atoms with van der Waals surface area (Å²) in [5, 5.41) is 0. The van der Waals surface area contributed by atoms with Crippen LogP contribution in [0.4, 0.5) is 0 Å². The maximum atomic E-state index is 6.51. The van der Waals surface area contributed by atoms with Gasteiger partial charge in [-0.1, -0.05) is 45.2 Å². The van der Waals surface area contributed by atoms with Crippen molar-refractivity contribution in [3.05, 3.63) is 34.4 Å². The molecule has 2 unspecified atom stereocenters. The van der Waals surface area contributed by atoms with Crippen LogP contribution < -0.4 is 5.73 Å². The van der Waals surface area contributed by atoms with Gasteiger partial charge in [-0.3, -0.25) is 0 Å². The highest BCUT2D eigenvalue weighted by Crippen LogP contribution is 2.30. The van der Waals surface area contributed by atoms with E-state index in [0.29, 0.717) is 5.92 Å². The summed E-state index contributed by atoms with van der Waals surface area (Å²) in [6.07, 6.45) is 4.97. The zero-order valence-corrected chi connectivity index (χ0v) is 12.7. The van der Waals surface area contributed by atoms with E-state index in [2.05, 4.69) is 46.8 Å². The maximum absolute atomic E-state index is 6.51. The Hall–Kier alpha value is -0.820. The van der Waals surface area contributed by atoms with Gasteiger partial charge in [-0.25, -0.2) is 0 Å². The van der Waals surface area contributed by atoms with Crippen molar-refractivity contribution in [2.75, 3.05) is 0 Å². The predicted octanol–water partition coefficient (Wildman–Crippen LogP) is 4.83. The zero-order chi connectivity index (χ0) is 13.7. The Morgan fingerprint density at radius 1 is 1.00 bits per heavy atom. The lowest BCUT2D eigenvalue weighted by Crippen LogP contribution is -2.22. The van der Waals surface area contributed by atoms with Gasteiger partial charge >= 0.3 is 0 Å². The van der Waals surface area contributed by atoms with E-state index in [4.69, 9.17) is 5.73 Å². The van der Waals surface area contributed by atoms with Gasteiger partial charge in [-0.05, 0) is 55.4 Å². The van der Waals surface area contributed by atoms with Crippen molar-refractivity contribution < 1.29 is 0 Å². The molecule has 0 saturated heterocycles. The first-order valence-corrected chi connectivity index (χ1v) is 7.34. The molecule has 0 spiro atoms. The molecule has 0 saturated carbocycles. The average Bonchev–Trinajstić information content (AvgIpc) is 2.34. The van der Waals surface area contributed by atoms with Crippen molar-refractivity contribution in [1.82, 2.24) is 0 Å². The predicted molar refractivity (Wildman–Crippen MR) is 80.9 cm³/mol. The van der Waals surface area contributed by atoms with Gasteiger partial charge in [0.15, 0.2) is 0 Å². The third-order valence-corrected chi connectivity index (χ3v) is 4.20. The van der Waals surface area contributed by atoms with E-state index in [-0.39, 0.29) is 6.04 Å². The lowest BCUT2D eigenvalue weighted by Gasteiger charge is -2.25. The minimum atomic E-state index is 0.195. The SMILES string of the molecule is CCCCC(CC)C(N)c1cc(C)c(C)cc1C. The van der Waals surface area contributed by atoms with Crippen molar-refractivity contribution in [3.8, 4) is 0 Å². The van der Waals surface area contributed by atoms with Crippen LogP contribution in [-0.4, -0.2) is 0 Å². The fraction of sp³-hybridized carbons (Fsp3) is 0.647. The summed E-state index contributed by atoms with van der Waals surface area (Å²) in [5.74, 6) is 0.616. The van der Waals surface area contributed by atoms with Gasteiger partial charge in [0, 0.05) is 6.04 Å². The molecule has 1 nitrogen and oxygen atoms in total. The standard InChI is InChI=1S/C17H29N/c1-6-8-9-15(7-2)17(18)16-11-13(4)12(3)10-14(16)5/h10-11,15,17H,6-9,18H2,1-5H3. The molecule has 0 aliphatic carbocycles. The van der Waals surface area contributed by atoms with E-state index < -0.39 is 0 Å². The van der Waals surface area contributed by atoms with Crippen molar-refractivity contribution in [2.45, 2.75) is 66.3 Å². The third-order valence-electron chi connectivity index (χ3n) is 4.20. The molecule has 2 atom stereocenters. The molecular weight excluding hydrogens is 218 g/mol. The Labute approximate surface area is 113 Å². The van der Waals surface area contributed by atoms with Gasteiger partial charge in [0.25, 0.3) is 0 Å². The van der Waals surface area contributed by atoms with E-state index in [0.717, 1.165) is 0 Å². The third kappa shape index (κ3) is 3.58. The quantitative estimate of drug-likeness (QED) is 0.765. The minimum Gasteiger partial charge on any atom is -0.324 e. The van der Waals surface area contributed by atoms with Crippen LogP contribution in [0.1, 0.15) is 67.8 Å². The second-order valence-corrected chi connectivity index (χ2v) is 5.63. The zero-order valence-electron chi connectivity index (χ0n) is 12.7. The number of nitrogens with two attached hydrogens (primary N) is 1. The molecule has 0 amide bonds. The normalized spacial score (nSPS) is 14.6. The summed E-state index contributed by atoms with van der Waals surface area (Å²) in [6, 6.07) is 4.77. The first-order valence-electron chi connectivity index (χ1n) is 7.34. The summed E-state index contributed by atoms with van der Waals surface area (Å²) in [6.45, 7) is 11.0. The number of unbranched alkanes of at least 4 members (excludes halogenated alkanes) is 1. The van der Waals surface area contributed by atoms with E-state index in [1.807, 2.05) is 0 Å². The van der Waals surface area contributed by atoms with E-state index in [1.165, 1.54) is 47.9 Å². The van der Waals surface area contributed by atoms with Crippen LogP contribution in [0.15, 0.2) is 12.1 Å². The summed E-state index contributed by atoms with van der Waals surface area (Å²) >= 11 is 0. The summed E-state index contributed by atoms with van der Waals surface area (Å²) in [5.41, 5.74) is 11.9. The van der Waals surface area contributed by atoms with Crippen LogP contribution in [0.2, 0.25) is 0 Å². The van der Waals surface area contributed by atoms with E-state index in [1.54, 1.807) is 0 Å². The highest BCUT2D eigenvalue weighted by atomic mass is 14.7. The van der Waals surface area contributed by atoms with E-state index >= 15 is 0 Å². The van der Waals surface area contributed by atoms with E-state index in [9.17, 15) is 0 Å². The molecule has 0 aliphatic heterocycles. The van der Waals surface area contributed by atoms with Gasteiger partial charge in [-0.15, -0.1) is 0 Å². The Balaban J connectivity index is 2.94. The molecule has 0 aromatic heterocycles. The number of hydrogen-bond donors (Lipinski definition) is 1. The van der Waals surface area contributed by atoms with Crippen molar-refractivity contribution >= 4 is 0 Å². The maximum Gasteiger partial charge on any atom is 0.0326 e. The smallest absolute Gasteiger partial charge is 0.0326 e. The number of aryl methyl sites for hydroxylation is 3. The van der Waals surface area contributed by atoms with Crippen LogP contribution in [0.25, 0.3) is 0 Å². The number of rotatable bonds is 6. The molecule has 1 aromatic carbocycles. The van der Waals surface area contributed by atoms with Crippen LogP contribution in [0, 0.1) is 26.7 Å². The lowest BCUT2D eigenvalue weighted by molar-refractivity contribution is 0.377. The molecule has 0 bridgehead atoms. The topological polar surface area (TPSA) is 26.0 Å². The molecule has 1 rings (SSSR count). The summed E-state index contributed by atoms with van der Waals surface area (Å²) < 4.78 is 0. The molecule has 102 valence electrons. The summed E-state index contributed by atoms with van der Waals surface area (Å²) in [4.78, 5) is 0. The molecule has 0 aliphatic rings. The fourth-order valence-corrected chi connectivity index (χ4v) is 2.70. The Morgan fingerprint density at radius 2 is 1.61 bits per heavy atom. The second-order valence-electron chi connectivity index (χ2n) is 5.63. The number of hydrogen-bond acceptors (Lipinski definition) is 1. The molecule has 2 N–H and O–H groups in total. The second kappa shape index (κ2) is 6.94. The van der Waals surface area contributed by atoms with Crippen molar-refractivity contribution in [1.29, 1.82) is 0 Å². The average molecular weight is 247 g/mol. The minimum absolute atomic E-state index is 0.195. The molecule has 18 heavy (non-hydrogen) atoms. The van der Waals surface area contributed by atoms with Gasteiger partial charge in [-0.2, -0.15) is 0 Å². The van der Waals surface area contributed by atoms with Crippen LogP contribution >= 0.6 is 0 Å². The van der Waals surface area contributed by atoms with Gasteiger partial charge < -0.3 is 5.73 Å². The van der Waals surface area contributed by atoms with Gasteiger partial charge in [0.05, 0.1) is 0 Å². The van der Waals surface area contributed by atoms with Gasteiger partial charge in [0.2, 0.25) is 0 Å². The van der Waals surface area contributed by atoms with Crippen molar-refractivity contribution in [2.24, 2.45) is 11.7 Å². The first-order chi connectivity index (χ1) is 8.51. The fourth-order valence-electron chi connectivity index (χ4n) is 2.70. The molecular formula is C17H29N. The molecule has 0 fully saturated rings. The Bertz CT molecular complexity index is 381. The highest BCUT2D eigenvalue weighted by Gasteiger charge is 2.19. The molecule has 0 radical (unpaired) electrons. The highest BCUT2D eigenvalue weighted by molar-refractivity contribution is 5.38. The Morgan fingerprint density at radius 3 is 2.17 bits per heavy atom. The largest absolute Gasteiger partial charge is 0.324 e. The van der Waals surface area contributed by atoms with Gasteiger partial charge in [0.1, 0.15) is 0 Å². The lowest BCUT2D eigenvalue weighted by atomic mass is 9.84. The number of benzene rings is 1.